The van der Waals surface area contributed by atoms with E-state index in [4.69, 9.17) is 0 Å². The first-order valence-electron chi connectivity index (χ1n) is 9.35. The highest BCUT2D eigenvalue weighted by atomic mass is 16.2. The Morgan fingerprint density at radius 1 is 1.17 bits per heavy atom. The summed E-state index contributed by atoms with van der Waals surface area (Å²) < 4.78 is 0. The maximum Gasteiger partial charge on any atom is 0.227 e. The summed E-state index contributed by atoms with van der Waals surface area (Å²) in [5.41, 5.74) is 2.17. The number of hydrogen-bond donors (Lipinski definition) is 1. The Bertz CT molecular complexity index is 620. The first-order chi connectivity index (χ1) is 11.7. The molecule has 1 saturated heterocycles. The smallest absolute Gasteiger partial charge is 0.227 e. The van der Waals surface area contributed by atoms with Crippen LogP contribution in [0.15, 0.2) is 24.3 Å². The largest absolute Gasteiger partial charge is 0.353 e. The number of hydrogen-bond acceptors (Lipinski definition) is 2. The molecule has 1 heterocycles. The van der Waals surface area contributed by atoms with Crippen LogP contribution in [0.3, 0.4) is 0 Å². The highest BCUT2D eigenvalue weighted by Crippen LogP contribution is 2.44. The van der Waals surface area contributed by atoms with Gasteiger partial charge in [0.1, 0.15) is 0 Å². The molecular formula is C20H26N2O2. The van der Waals surface area contributed by atoms with Gasteiger partial charge in [0.05, 0.1) is 5.92 Å². The Balaban J connectivity index is 1.40. The molecule has 0 aromatic heterocycles. The second-order valence-corrected chi connectivity index (χ2v) is 7.63. The molecule has 128 valence electrons. The van der Waals surface area contributed by atoms with Gasteiger partial charge in [-0.2, -0.15) is 0 Å². The quantitative estimate of drug-likeness (QED) is 0.874. The first-order valence-corrected chi connectivity index (χ1v) is 9.35. The number of benzene rings is 1. The minimum Gasteiger partial charge on any atom is -0.353 e. The van der Waals surface area contributed by atoms with Crippen LogP contribution in [0.4, 0.5) is 5.69 Å². The summed E-state index contributed by atoms with van der Waals surface area (Å²) in [7, 11) is 0. The van der Waals surface area contributed by atoms with Gasteiger partial charge >= 0.3 is 0 Å². The summed E-state index contributed by atoms with van der Waals surface area (Å²) in [6.45, 7) is 2.63. The number of anilines is 1. The van der Waals surface area contributed by atoms with Crippen LogP contribution in [0.5, 0.6) is 0 Å². The average molecular weight is 326 g/mol. The predicted octanol–water partition coefficient (Wildman–Crippen LogP) is 2.91. The van der Waals surface area contributed by atoms with E-state index in [1.165, 1.54) is 31.2 Å². The van der Waals surface area contributed by atoms with Crippen LogP contribution in [0.2, 0.25) is 0 Å². The second kappa shape index (κ2) is 6.23. The molecule has 1 unspecified atom stereocenters. The summed E-state index contributed by atoms with van der Waals surface area (Å²) in [4.78, 5) is 26.8. The third-order valence-electron chi connectivity index (χ3n) is 5.72. The van der Waals surface area contributed by atoms with Crippen molar-refractivity contribution in [1.29, 1.82) is 0 Å². The maximum atomic E-state index is 12.7. The van der Waals surface area contributed by atoms with Crippen molar-refractivity contribution in [2.45, 2.75) is 51.5 Å². The molecule has 24 heavy (non-hydrogen) atoms. The Morgan fingerprint density at radius 3 is 2.33 bits per heavy atom. The van der Waals surface area contributed by atoms with E-state index in [-0.39, 0.29) is 17.7 Å². The fraction of sp³-hybridized carbons (Fsp3) is 0.600. The molecule has 2 saturated carbocycles. The number of nitrogens with zero attached hydrogens (tertiary/aromatic N) is 1. The third kappa shape index (κ3) is 3.19. The van der Waals surface area contributed by atoms with E-state index >= 15 is 0 Å². The zero-order valence-electron chi connectivity index (χ0n) is 14.3. The Morgan fingerprint density at radius 2 is 1.79 bits per heavy atom. The van der Waals surface area contributed by atoms with Gasteiger partial charge in [0.2, 0.25) is 11.8 Å². The first kappa shape index (κ1) is 15.7. The van der Waals surface area contributed by atoms with Gasteiger partial charge in [0.25, 0.3) is 0 Å². The molecule has 4 rings (SSSR count). The van der Waals surface area contributed by atoms with Crippen molar-refractivity contribution in [3.63, 3.8) is 0 Å². The van der Waals surface area contributed by atoms with Gasteiger partial charge in [-0.3, -0.25) is 9.59 Å². The monoisotopic (exact) mass is 326 g/mol. The van der Waals surface area contributed by atoms with E-state index in [1.54, 1.807) is 4.90 Å². The highest BCUT2D eigenvalue weighted by molar-refractivity contribution is 6.00. The zero-order chi connectivity index (χ0) is 16.7. The number of rotatable bonds is 6. The van der Waals surface area contributed by atoms with Crippen molar-refractivity contribution in [2.24, 2.45) is 17.8 Å². The van der Waals surface area contributed by atoms with Crippen LogP contribution < -0.4 is 10.2 Å². The van der Waals surface area contributed by atoms with E-state index < -0.39 is 0 Å². The summed E-state index contributed by atoms with van der Waals surface area (Å²) in [6.07, 6.45) is 6.33. The standard InChI is InChI=1S/C20H26N2O2/c1-2-13-3-9-17(10-4-13)22-12-16(11-18(22)23)20(24)21-19(14-5-6-14)15-7-8-15/h3-4,9-10,14-16,19H,2,5-8,11-12H2,1H3,(H,21,24). The summed E-state index contributed by atoms with van der Waals surface area (Å²) in [5.74, 6) is 1.32. The summed E-state index contributed by atoms with van der Waals surface area (Å²) in [5, 5.41) is 3.28. The maximum absolute atomic E-state index is 12.7. The van der Waals surface area contributed by atoms with Gasteiger partial charge in [-0.1, -0.05) is 19.1 Å². The normalized spacial score (nSPS) is 23.8. The molecule has 3 fully saturated rings. The fourth-order valence-electron chi connectivity index (χ4n) is 3.86. The fourth-order valence-corrected chi connectivity index (χ4v) is 3.86. The van der Waals surface area contributed by atoms with Crippen molar-refractivity contribution >= 4 is 17.5 Å². The van der Waals surface area contributed by atoms with E-state index in [9.17, 15) is 9.59 Å². The predicted molar refractivity (Wildman–Crippen MR) is 93.7 cm³/mol. The zero-order valence-corrected chi connectivity index (χ0v) is 14.3. The topological polar surface area (TPSA) is 49.4 Å². The molecule has 0 spiro atoms. The van der Waals surface area contributed by atoms with E-state index in [2.05, 4.69) is 24.4 Å². The molecule has 1 N–H and O–H groups in total. The molecule has 1 aliphatic heterocycles. The molecule has 1 aromatic rings. The van der Waals surface area contributed by atoms with Crippen molar-refractivity contribution in [2.75, 3.05) is 11.4 Å². The summed E-state index contributed by atoms with van der Waals surface area (Å²) in [6, 6.07) is 8.48. The molecular weight excluding hydrogens is 300 g/mol. The van der Waals surface area contributed by atoms with Crippen molar-refractivity contribution in [3.05, 3.63) is 29.8 Å². The lowest BCUT2D eigenvalue weighted by Crippen LogP contribution is -2.42. The molecule has 0 radical (unpaired) electrons. The lowest BCUT2D eigenvalue weighted by molar-refractivity contribution is -0.127. The average Bonchev–Trinajstić information content (AvgIpc) is 3.51. The number of amides is 2. The SMILES string of the molecule is CCc1ccc(N2CC(C(=O)NC(C3CC3)C3CC3)CC2=O)cc1. The van der Waals surface area contributed by atoms with Crippen molar-refractivity contribution in [1.82, 2.24) is 5.32 Å². The number of carbonyl (C=O) groups excluding carboxylic acids is 2. The summed E-state index contributed by atoms with van der Waals surface area (Å²) >= 11 is 0. The molecule has 1 aromatic carbocycles. The molecule has 0 bridgehead atoms. The van der Waals surface area contributed by atoms with Crippen molar-refractivity contribution in [3.8, 4) is 0 Å². The van der Waals surface area contributed by atoms with Crippen LogP contribution in [0.1, 0.15) is 44.6 Å². The number of aryl methyl sites for hydroxylation is 1. The Kier molecular flexibility index (Phi) is 4.07. The van der Waals surface area contributed by atoms with E-state index in [1.807, 2.05) is 12.1 Å². The minimum atomic E-state index is -0.205. The second-order valence-electron chi connectivity index (χ2n) is 7.63. The van der Waals surface area contributed by atoms with Gasteiger partial charge < -0.3 is 10.2 Å². The van der Waals surface area contributed by atoms with Gasteiger partial charge in [0.15, 0.2) is 0 Å². The molecule has 2 amide bonds. The van der Waals surface area contributed by atoms with Gasteiger partial charge in [-0.25, -0.2) is 0 Å². The van der Waals surface area contributed by atoms with Crippen molar-refractivity contribution < 1.29 is 9.59 Å². The highest BCUT2D eigenvalue weighted by Gasteiger charge is 2.44. The number of carbonyl (C=O) groups is 2. The Labute approximate surface area is 143 Å². The van der Waals surface area contributed by atoms with Crippen LogP contribution >= 0.6 is 0 Å². The van der Waals surface area contributed by atoms with Gasteiger partial charge in [0, 0.05) is 24.7 Å². The van der Waals surface area contributed by atoms with Crippen LogP contribution in [-0.4, -0.2) is 24.4 Å². The lowest BCUT2D eigenvalue weighted by Gasteiger charge is -2.21. The van der Waals surface area contributed by atoms with E-state index in [0.717, 1.165) is 12.1 Å². The molecule has 1 atom stereocenters. The minimum absolute atomic E-state index is 0.0637. The molecule has 4 heteroatoms. The molecule has 2 aliphatic carbocycles. The Hall–Kier alpha value is -1.84. The lowest BCUT2D eigenvalue weighted by atomic mass is 10.0. The third-order valence-corrected chi connectivity index (χ3v) is 5.72. The van der Waals surface area contributed by atoms with Crippen LogP contribution in [-0.2, 0) is 16.0 Å². The van der Waals surface area contributed by atoms with E-state index in [0.29, 0.717) is 30.8 Å². The van der Waals surface area contributed by atoms with Crippen LogP contribution in [0.25, 0.3) is 0 Å². The molecule has 4 nitrogen and oxygen atoms in total. The number of nitrogens with one attached hydrogen (secondary N) is 1. The van der Waals surface area contributed by atoms with Crippen LogP contribution in [0, 0.1) is 17.8 Å². The van der Waals surface area contributed by atoms with Gasteiger partial charge in [-0.05, 0) is 61.6 Å². The molecule has 3 aliphatic rings. The van der Waals surface area contributed by atoms with Gasteiger partial charge in [-0.15, -0.1) is 0 Å².